The minimum Gasteiger partial charge on any atom is -0.396 e. The smallest absolute Gasteiger partial charge is 0.187 e. The van der Waals surface area contributed by atoms with Crippen LogP contribution in [0.25, 0.3) is 0 Å². The van der Waals surface area contributed by atoms with Crippen molar-refractivity contribution in [2.24, 2.45) is 11.3 Å². The quantitative estimate of drug-likeness (QED) is 0.399. The molecule has 1 heterocycles. The Balaban J connectivity index is 2.07. The number of aliphatic hydroxyl groups excluding tert-OH is 5. The topological polar surface area (TPSA) is 137 Å². The highest BCUT2D eigenvalue weighted by atomic mass is 16.7. The fourth-order valence-electron chi connectivity index (χ4n) is 3.32. The highest BCUT2D eigenvalue weighted by Crippen LogP contribution is 2.39. The molecule has 8 nitrogen and oxygen atoms in total. The highest BCUT2D eigenvalue weighted by Gasteiger charge is 2.44. The van der Waals surface area contributed by atoms with Crippen LogP contribution in [-0.4, -0.2) is 81.8 Å². The second kappa shape index (κ2) is 7.57. The molecule has 0 aromatic carbocycles. The van der Waals surface area contributed by atoms with E-state index in [9.17, 15) is 25.2 Å². The van der Waals surface area contributed by atoms with Gasteiger partial charge in [-0.3, -0.25) is 4.79 Å². The van der Waals surface area contributed by atoms with Crippen molar-refractivity contribution in [3.8, 4) is 0 Å². The number of ether oxygens (including phenoxy) is 2. The van der Waals surface area contributed by atoms with Gasteiger partial charge in [0, 0.05) is 12.3 Å². The van der Waals surface area contributed by atoms with Gasteiger partial charge in [-0.1, -0.05) is 13.8 Å². The Morgan fingerprint density at radius 1 is 1.17 bits per heavy atom. The fourth-order valence-corrected chi connectivity index (χ4v) is 3.32. The molecule has 0 saturated carbocycles. The minimum absolute atomic E-state index is 0.0721. The first-order chi connectivity index (χ1) is 11.2. The molecule has 138 valence electrons. The van der Waals surface area contributed by atoms with Crippen LogP contribution in [0.1, 0.15) is 20.3 Å². The molecule has 0 aromatic heterocycles. The molecule has 2 aliphatic rings. The largest absolute Gasteiger partial charge is 0.396 e. The number of carbonyl (C=O) groups excluding carboxylic acids is 1. The zero-order valence-electron chi connectivity index (χ0n) is 13.8. The first kappa shape index (κ1) is 19.5. The molecule has 5 N–H and O–H groups in total. The summed E-state index contributed by atoms with van der Waals surface area (Å²) in [5, 5.41) is 48.2. The summed E-state index contributed by atoms with van der Waals surface area (Å²) in [6.45, 7) is 2.99. The van der Waals surface area contributed by atoms with Gasteiger partial charge < -0.3 is 35.0 Å². The van der Waals surface area contributed by atoms with Crippen LogP contribution in [0.15, 0.2) is 11.6 Å². The molecule has 0 radical (unpaired) electrons. The van der Waals surface area contributed by atoms with Crippen molar-refractivity contribution in [1.82, 2.24) is 0 Å². The number of hydrogen-bond acceptors (Lipinski definition) is 8. The predicted octanol–water partition coefficient (Wildman–Crippen LogP) is -1.66. The van der Waals surface area contributed by atoms with E-state index in [0.717, 1.165) is 0 Å². The highest BCUT2D eigenvalue weighted by molar-refractivity contribution is 5.92. The van der Waals surface area contributed by atoms with Crippen LogP contribution in [0, 0.1) is 11.3 Å². The summed E-state index contributed by atoms with van der Waals surface area (Å²) in [4.78, 5) is 11.9. The lowest BCUT2D eigenvalue weighted by atomic mass is 9.68. The van der Waals surface area contributed by atoms with Gasteiger partial charge in [-0.25, -0.2) is 0 Å². The molecule has 1 fully saturated rings. The van der Waals surface area contributed by atoms with Crippen LogP contribution in [0.5, 0.6) is 0 Å². The lowest BCUT2D eigenvalue weighted by molar-refractivity contribution is -0.299. The van der Waals surface area contributed by atoms with Gasteiger partial charge in [0.15, 0.2) is 12.1 Å². The lowest BCUT2D eigenvalue weighted by Gasteiger charge is -2.41. The fraction of sp³-hybridized carbons (Fsp3) is 0.812. The molecule has 1 aliphatic carbocycles. The molecule has 6 atom stereocenters. The predicted molar refractivity (Wildman–Crippen MR) is 81.8 cm³/mol. The third-order valence-electron chi connectivity index (χ3n) is 4.81. The maximum absolute atomic E-state index is 11.9. The Labute approximate surface area is 140 Å². The van der Waals surface area contributed by atoms with Crippen molar-refractivity contribution in [2.45, 2.75) is 51.0 Å². The van der Waals surface area contributed by atoms with Gasteiger partial charge in [-0.15, -0.1) is 0 Å². The van der Waals surface area contributed by atoms with Gasteiger partial charge in [-0.2, -0.15) is 0 Å². The van der Waals surface area contributed by atoms with Crippen molar-refractivity contribution in [1.29, 1.82) is 0 Å². The molecule has 0 amide bonds. The zero-order valence-corrected chi connectivity index (χ0v) is 13.8. The monoisotopic (exact) mass is 346 g/mol. The van der Waals surface area contributed by atoms with Crippen LogP contribution in [-0.2, 0) is 14.3 Å². The van der Waals surface area contributed by atoms with Gasteiger partial charge >= 0.3 is 0 Å². The van der Waals surface area contributed by atoms with E-state index in [-0.39, 0.29) is 24.9 Å². The number of rotatable bonds is 5. The van der Waals surface area contributed by atoms with Crippen LogP contribution < -0.4 is 0 Å². The summed E-state index contributed by atoms with van der Waals surface area (Å²) in [5.74, 6) is -0.350. The Morgan fingerprint density at radius 3 is 2.42 bits per heavy atom. The summed E-state index contributed by atoms with van der Waals surface area (Å²) < 4.78 is 10.7. The molecule has 0 spiro atoms. The van der Waals surface area contributed by atoms with Gasteiger partial charge in [0.2, 0.25) is 0 Å². The first-order valence-electron chi connectivity index (χ1n) is 7.97. The van der Waals surface area contributed by atoms with E-state index in [1.165, 1.54) is 6.08 Å². The maximum atomic E-state index is 11.9. The summed E-state index contributed by atoms with van der Waals surface area (Å²) in [7, 11) is 0. The van der Waals surface area contributed by atoms with Crippen LogP contribution >= 0.6 is 0 Å². The minimum atomic E-state index is -1.52. The Morgan fingerprint density at radius 2 is 1.83 bits per heavy atom. The van der Waals surface area contributed by atoms with E-state index < -0.39 is 42.7 Å². The van der Waals surface area contributed by atoms with Crippen molar-refractivity contribution < 1.29 is 39.8 Å². The summed E-state index contributed by atoms with van der Waals surface area (Å²) in [5.41, 5.74) is 0.157. The van der Waals surface area contributed by atoms with Gasteiger partial charge in [-0.05, 0) is 17.1 Å². The molecular weight excluding hydrogens is 320 g/mol. The van der Waals surface area contributed by atoms with E-state index in [4.69, 9.17) is 14.6 Å². The number of carbonyl (C=O) groups is 1. The van der Waals surface area contributed by atoms with Gasteiger partial charge in [0.25, 0.3) is 0 Å². The van der Waals surface area contributed by atoms with E-state index in [1.54, 1.807) is 0 Å². The standard InChI is InChI=1S/C16H26O8/c1-16(2)4-9(19)3-8(10(16)5-17)7-23-15-14(22)13(21)12(20)11(6-18)24-15/h3,10-15,17-18,20-22H,4-7H2,1-2H3/t10-,11-,12-,13+,14-,15-/m1/s1. The molecule has 0 unspecified atom stereocenters. The van der Waals surface area contributed by atoms with Gasteiger partial charge in [0.05, 0.1) is 19.8 Å². The zero-order chi connectivity index (χ0) is 18.1. The van der Waals surface area contributed by atoms with Crippen LogP contribution in [0.4, 0.5) is 0 Å². The third kappa shape index (κ3) is 3.85. The molecule has 0 bridgehead atoms. The first-order valence-corrected chi connectivity index (χ1v) is 7.97. The Bertz CT molecular complexity index is 486. The van der Waals surface area contributed by atoms with Crippen LogP contribution in [0.3, 0.4) is 0 Å². The van der Waals surface area contributed by atoms with Crippen molar-refractivity contribution in [3.05, 3.63) is 11.6 Å². The Hall–Kier alpha value is -0.870. The van der Waals surface area contributed by atoms with E-state index in [0.29, 0.717) is 12.0 Å². The molecule has 8 heteroatoms. The van der Waals surface area contributed by atoms with Crippen molar-refractivity contribution in [3.63, 3.8) is 0 Å². The summed E-state index contributed by atoms with van der Waals surface area (Å²) in [6.07, 6.45) is -5.04. The summed E-state index contributed by atoms with van der Waals surface area (Å²) >= 11 is 0. The maximum Gasteiger partial charge on any atom is 0.187 e. The van der Waals surface area contributed by atoms with Gasteiger partial charge in [0.1, 0.15) is 24.4 Å². The van der Waals surface area contributed by atoms with Crippen LogP contribution in [0.2, 0.25) is 0 Å². The SMILES string of the molecule is CC1(C)CC(=O)C=C(CO[C@@H]2O[C@H](CO)[C@@H](O)[C@H](O)[C@H]2O)[C@H]1CO. The second-order valence-electron chi connectivity index (χ2n) is 7.09. The molecule has 1 saturated heterocycles. The van der Waals surface area contributed by atoms with Crippen molar-refractivity contribution in [2.75, 3.05) is 19.8 Å². The third-order valence-corrected chi connectivity index (χ3v) is 4.81. The number of aliphatic hydroxyl groups is 5. The molecule has 0 aromatic rings. The number of ketones is 1. The summed E-state index contributed by atoms with van der Waals surface area (Å²) in [6, 6.07) is 0. The van der Waals surface area contributed by atoms with E-state index >= 15 is 0 Å². The normalized spacial score (nSPS) is 39.6. The lowest BCUT2D eigenvalue weighted by Crippen LogP contribution is -2.59. The number of hydrogen-bond donors (Lipinski definition) is 5. The average Bonchev–Trinajstić information content (AvgIpc) is 2.50. The molecule has 2 rings (SSSR count). The average molecular weight is 346 g/mol. The van der Waals surface area contributed by atoms with E-state index in [2.05, 4.69) is 0 Å². The van der Waals surface area contributed by atoms with E-state index in [1.807, 2.05) is 13.8 Å². The molecule has 24 heavy (non-hydrogen) atoms. The Kier molecular flexibility index (Phi) is 6.14. The second-order valence-corrected chi connectivity index (χ2v) is 7.09. The molecular formula is C16H26O8. The van der Waals surface area contributed by atoms with Crippen molar-refractivity contribution >= 4 is 5.78 Å². The number of allylic oxidation sites excluding steroid dienone is 1. The molecule has 1 aliphatic heterocycles.